The number of aliphatic hydroxyl groups excluding tert-OH is 1. The molecule has 2 aromatic rings. The van der Waals surface area contributed by atoms with Gasteiger partial charge in [0.2, 0.25) is 0 Å². The Bertz CT molecular complexity index is 1040. The Kier molecular flexibility index (Phi) is 6.65. The number of aryl methyl sites for hydroxylation is 2. The van der Waals surface area contributed by atoms with Crippen molar-refractivity contribution in [3.63, 3.8) is 0 Å². The maximum Gasteiger partial charge on any atom is 0.295 e. The number of ether oxygens (including phenoxy) is 3. The van der Waals surface area contributed by atoms with Crippen LogP contribution in [0.4, 0.5) is 0 Å². The van der Waals surface area contributed by atoms with Crippen molar-refractivity contribution in [1.82, 2.24) is 4.90 Å². The number of ketones is 1. The number of nitrogens with zero attached hydrogens (tertiary/aromatic N) is 1. The fourth-order valence-electron chi connectivity index (χ4n) is 3.89. The largest absolute Gasteiger partial charge is 0.507 e. The molecule has 0 radical (unpaired) electrons. The van der Waals surface area contributed by atoms with Gasteiger partial charge in [-0.3, -0.25) is 9.59 Å². The van der Waals surface area contributed by atoms with Crippen LogP contribution in [0, 0.1) is 13.8 Å². The maximum absolute atomic E-state index is 13.1. The number of rotatable bonds is 7. The summed E-state index contributed by atoms with van der Waals surface area (Å²) in [6.07, 6.45) is 0. The number of amides is 1. The highest BCUT2D eigenvalue weighted by Gasteiger charge is 2.47. The molecule has 0 saturated carbocycles. The fraction of sp³-hybridized carbons (Fsp3) is 0.333. The van der Waals surface area contributed by atoms with Gasteiger partial charge < -0.3 is 24.2 Å². The minimum absolute atomic E-state index is 0.0151. The predicted octanol–water partition coefficient (Wildman–Crippen LogP) is 3.39. The summed E-state index contributed by atoms with van der Waals surface area (Å²) in [6.45, 7) is 4.15. The number of Topliss-reactive ketones (excluding diaryl/α,β-unsaturated/α-hetero) is 1. The molecule has 1 saturated heterocycles. The maximum atomic E-state index is 13.1. The van der Waals surface area contributed by atoms with Crippen LogP contribution >= 0.6 is 0 Å². The Morgan fingerprint density at radius 1 is 1.06 bits per heavy atom. The zero-order valence-electron chi connectivity index (χ0n) is 18.4. The van der Waals surface area contributed by atoms with Gasteiger partial charge in [-0.05, 0) is 31.5 Å². The number of aliphatic hydroxyl groups is 1. The van der Waals surface area contributed by atoms with Crippen molar-refractivity contribution in [1.29, 1.82) is 0 Å². The zero-order chi connectivity index (χ0) is 22.7. The van der Waals surface area contributed by atoms with E-state index >= 15 is 0 Å². The van der Waals surface area contributed by atoms with Gasteiger partial charge in [0.05, 0.1) is 32.4 Å². The third kappa shape index (κ3) is 4.01. The number of para-hydroxylation sites is 1. The van der Waals surface area contributed by atoms with E-state index in [1.165, 1.54) is 26.2 Å². The highest BCUT2D eigenvalue weighted by molar-refractivity contribution is 6.46. The number of carbonyl (C=O) groups is 2. The smallest absolute Gasteiger partial charge is 0.295 e. The van der Waals surface area contributed by atoms with Gasteiger partial charge in [-0.25, -0.2) is 0 Å². The summed E-state index contributed by atoms with van der Waals surface area (Å²) in [7, 11) is 4.53. The quantitative estimate of drug-likeness (QED) is 0.416. The first-order chi connectivity index (χ1) is 14.8. The summed E-state index contributed by atoms with van der Waals surface area (Å²) in [5, 5.41) is 11.3. The molecule has 1 fully saturated rings. The minimum atomic E-state index is -0.847. The van der Waals surface area contributed by atoms with E-state index in [4.69, 9.17) is 14.2 Å². The van der Waals surface area contributed by atoms with E-state index in [-0.39, 0.29) is 24.5 Å². The molecule has 1 atom stereocenters. The lowest BCUT2D eigenvalue weighted by Crippen LogP contribution is -2.32. The number of benzene rings is 2. The number of hydrogen-bond acceptors (Lipinski definition) is 6. The summed E-state index contributed by atoms with van der Waals surface area (Å²) in [5.41, 5.74) is 2.79. The Balaban J connectivity index is 2.30. The van der Waals surface area contributed by atoms with Crippen LogP contribution in [-0.2, 0) is 14.3 Å². The van der Waals surface area contributed by atoms with E-state index in [2.05, 4.69) is 0 Å². The lowest BCUT2D eigenvalue weighted by atomic mass is 9.92. The van der Waals surface area contributed by atoms with E-state index < -0.39 is 17.7 Å². The molecule has 0 aromatic heterocycles. The Morgan fingerprint density at radius 2 is 1.81 bits per heavy atom. The fourth-order valence-corrected chi connectivity index (χ4v) is 3.89. The molecular formula is C24H27NO6. The summed E-state index contributed by atoms with van der Waals surface area (Å²) in [5.74, 6) is -0.798. The molecule has 0 spiro atoms. The minimum Gasteiger partial charge on any atom is -0.507 e. The number of methoxy groups -OCH3 is 3. The highest BCUT2D eigenvalue weighted by atomic mass is 16.5. The summed E-state index contributed by atoms with van der Waals surface area (Å²) < 4.78 is 16.1. The van der Waals surface area contributed by atoms with Gasteiger partial charge in [-0.15, -0.1) is 0 Å². The average Bonchev–Trinajstić information content (AvgIpc) is 3.02. The van der Waals surface area contributed by atoms with Crippen molar-refractivity contribution in [2.75, 3.05) is 34.5 Å². The average molecular weight is 425 g/mol. The molecule has 7 heteroatoms. The SMILES string of the molecule is COCCN1C(=O)C(=O)/C(=C(/O)c2cc(C)ccc2C)C1c1cccc(OC)c1OC. The van der Waals surface area contributed by atoms with Crippen LogP contribution in [0.15, 0.2) is 42.0 Å². The van der Waals surface area contributed by atoms with Crippen LogP contribution in [0.1, 0.15) is 28.3 Å². The van der Waals surface area contributed by atoms with Crippen LogP contribution in [0.3, 0.4) is 0 Å². The molecular weight excluding hydrogens is 398 g/mol. The second kappa shape index (κ2) is 9.22. The van der Waals surface area contributed by atoms with Gasteiger partial charge in [0, 0.05) is 24.8 Å². The van der Waals surface area contributed by atoms with Crippen molar-refractivity contribution >= 4 is 17.4 Å². The molecule has 0 aliphatic carbocycles. The molecule has 1 amide bonds. The zero-order valence-corrected chi connectivity index (χ0v) is 18.4. The van der Waals surface area contributed by atoms with E-state index in [0.717, 1.165) is 11.1 Å². The normalized spacial score (nSPS) is 17.8. The van der Waals surface area contributed by atoms with Crippen molar-refractivity contribution in [3.05, 3.63) is 64.2 Å². The number of hydrogen-bond donors (Lipinski definition) is 1. The third-order valence-electron chi connectivity index (χ3n) is 5.45. The molecule has 1 heterocycles. The van der Waals surface area contributed by atoms with Gasteiger partial charge >= 0.3 is 0 Å². The van der Waals surface area contributed by atoms with Crippen LogP contribution in [0.25, 0.3) is 5.76 Å². The van der Waals surface area contributed by atoms with Crippen LogP contribution in [0.5, 0.6) is 11.5 Å². The summed E-state index contributed by atoms with van der Waals surface area (Å²) in [6, 6.07) is 9.99. The van der Waals surface area contributed by atoms with Gasteiger partial charge in [0.25, 0.3) is 11.7 Å². The molecule has 164 valence electrons. The van der Waals surface area contributed by atoms with Crippen molar-refractivity contribution < 1.29 is 28.9 Å². The molecule has 2 aromatic carbocycles. The van der Waals surface area contributed by atoms with E-state index in [1.807, 2.05) is 26.0 Å². The molecule has 1 N–H and O–H groups in total. The Hall–Kier alpha value is -3.32. The van der Waals surface area contributed by atoms with Crippen LogP contribution < -0.4 is 9.47 Å². The predicted molar refractivity (Wildman–Crippen MR) is 116 cm³/mol. The van der Waals surface area contributed by atoms with Gasteiger partial charge in [0.15, 0.2) is 11.5 Å². The first kappa shape index (κ1) is 22.4. The lowest BCUT2D eigenvalue weighted by Gasteiger charge is -2.27. The molecule has 31 heavy (non-hydrogen) atoms. The van der Waals surface area contributed by atoms with Gasteiger partial charge in [0.1, 0.15) is 5.76 Å². The first-order valence-corrected chi connectivity index (χ1v) is 9.91. The molecule has 7 nitrogen and oxygen atoms in total. The molecule has 1 aliphatic rings. The highest BCUT2D eigenvalue weighted by Crippen LogP contribution is 2.45. The van der Waals surface area contributed by atoms with E-state index in [0.29, 0.717) is 22.6 Å². The van der Waals surface area contributed by atoms with Crippen molar-refractivity contribution in [2.45, 2.75) is 19.9 Å². The Morgan fingerprint density at radius 3 is 2.45 bits per heavy atom. The lowest BCUT2D eigenvalue weighted by molar-refractivity contribution is -0.140. The first-order valence-electron chi connectivity index (χ1n) is 9.91. The van der Waals surface area contributed by atoms with Crippen LogP contribution in [-0.4, -0.2) is 56.2 Å². The molecule has 1 aliphatic heterocycles. The van der Waals surface area contributed by atoms with E-state index in [1.54, 1.807) is 24.3 Å². The Labute approximate surface area is 181 Å². The molecule has 1 unspecified atom stereocenters. The molecule has 0 bridgehead atoms. The monoisotopic (exact) mass is 425 g/mol. The number of carbonyl (C=O) groups excluding carboxylic acids is 2. The van der Waals surface area contributed by atoms with E-state index in [9.17, 15) is 14.7 Å². The second-order valence-electron chi connectivity index (χ2n) is 7.39. The summed E-state index contributed by atoms with van der Waals surface area (Å²) in [4.78, 5) is 27.5. The topological polar surface area (TPSA) is 85.3 Å². The van der Waals surface area contributed by atoms with Gasteiger partial charge in [-0.2, -0.15) is 0 Å². The van der Waals surface area contributed by atoms with Crippen LogP contribution in [0.2, 0.25) is 0 Å². The van der Waals surface area contributed by atoms with Crippen molar-refractivity contribution in [3.8, 4) is 11.5 Å². The summed E-state index contributed by atoms with van der Waals surface area (Å²) >= 11 is 0. The molecule has 3 rings (SSSR count). The second-order valence-corrected chi connectivity index (χ2v) is 7.39. The van der Waals surface area contributed by atoms with Gasteiger partial charge in [-0.1, -0.05) is 29.8 Å². The third-order valence-corrected chi connectivity index (χ3v) is 5.45. The standard InChI is InChI=1S/C24H27NO6/c1-14-9-10-15(2)17(13-14)21(26)19-20(25(11-12-29-3)24(28)22(19)27)16-7-6-8-18(30-4)23(16)31-5/h6-10,13,20,26H,11-12H2,1-5H3/b21-19+. The van der Waals surface area contributed by atoms with Crippen molar-refractivity contribution in [2.24, 2.45) is 0 Å². The number of likely N-dealkylation sites (tertiary alicyclic amines) is 1.